The molecule has 1 fully saturated rings. The number of hydrogen-bond donors (Lipinski definition) is 2. The van der Waals surface area contributed by atoms with Gasteiger partial charge in [-0.1, -0.05) is 17.7 Å². The molecule has 3 rings (SSSR count). The third-order valence-corrected chi connectivity index (χ3v) is 6.28. The van der Waals surface area contributed by atoms with Gasteiger partial charge in [0.25, 0.3) is 15.9 Å². The largest absolute Gasteiger partial charge is 0.349 e. The zero-order valence-corrected chi connectivity index (χ0v) is 15.0. The van der Waals surface area contributed by atoms with E-state index in [1.165, 1.54) is 18.5 Å². The van der Waals surface area contributed by atoms with Gasteiger partial charge < -0.3 is 11.1 Å². The lowest BCUT2D eigenvalue weighted by Crippen LogP contribution is -2.40. The molecule has 0 bridgehead atoms. The van der Waals surface area contributed by atoms with Crippen LogP contribution in [0, 0.1) is 6.92 Å². The summed E-state index contributed by atoms with van der Waals surface area (Å²) in [7, 11) is -3.69. The van der Waals surface area contributed by atoms with Crippen LogP contribution >= 0.6 is 0 Å². The lowest BCUT2D eigenvalue weighted by atomic mass is 9.92. The van der Waals surface area contributed by atoms with Gasteiger partial charge in [0.2, 0.25) is 0 Å². The third kappa shape index (κ3) is 3.93. The number of benzene rings is 1. The zero-order valence-electron chi connectivity index (χ0n) is 14.2. The number of nitrogens with one attached hydrogen (secondary N) is 1. The van der Waals surface area contributed by atoms with Crippen LogP contribution in [0.25, 0.3) is 0 Å². The summed E-state index contributed by atoms with van der Waals surface area (Å²) in [4.78, 5) is 12.6. The van der Waals surface area contributed by atoms with E-state index in [0.717, 1.165) is 35.2 Å². The van der Waals surface area contributed by atoms with Crippen LogP contribution in [0.4, 0.5) is 0 Å². The van der Waals surface area contributed by atoms with Crippen molar-refractivity contribution in [1.29, 1.82) is 0 Å². The summed E-state index contributed by atoms with van der Waals surface area (Å²) in [6.07, 6.45) is 6.27. The Kier molecular flexibility index (Phi) is 4.96. The minimum atomic E-state index is -3.69. The summed E-state index contributed by atoms with van der Waals surface area (Å²) in [5.74, 6) is -0.252. The first-order valence-corrected chi connectivity index (χ1v) is 9.87. The number of nitrogens with two attached hydrogens (primary N) is 1. The van der Waals surface area contributed by atoms with Crippen LogP contribution in [-0.2, 0) is 10.0 Å². The van der Waals surface area contributed by atoms with Crippen LogP contribution < -0.4 is 11.1 Å². The van der Waals surface area contributed by atoms with E-state index in [1.54, 1.807) is 24.3 Å². The Morgan fingerprint density at radius 2 is 1.76 bits per heavy atom. The molecule has 3 N–H and O–H groups in total. The average Bonchev–Trinajstić information content (AvgIpc) is 3.08. The number of nitrogens with zero attached hydrogens (tertiary/aromatic N) is 1. The zero-order chi connectivity index (χ0) is 18.0. The first-order chi connectivity index (χ1) is 11.9. The molecule has 7 heteroatoms. The Labute approximate surface area is 148 Å². The molecule has 0 saturated heterocycles. The summed E-state index contributed by atoms with van der Waals surface area (Å²) in [5.41, 5.74) is 7.20. The van der Waals surface area contributed by atoms with Gasteiger partial charge in [0.15, 0.2) is 0 Å². The molecule has 1 aliphatic rings. The second kappa shape index (κ2) is 7.01. The first-order valence-electron chi connectivity index (χ1n) is 8.43. The minimum Gasteiger partial charge on any atom is -0.349 e. The molecule has 0 aliphatic heterocycles. The van der Waals surface area contributed by atoms with E-state index in [9.17, 15) is 13.2 Å². The maximum atomic E-state index is 12.6. The van der Waals surface area contributed by atoms with Crippen LogP contribution in [0.15, 0.2) is 47.6 Å². The number of hydrogen-bond acceptors (Lipinski definition) is 4. The van der Waals surface area contributed by atoms with Crippen molar-refractivity contribution in [1.82, 2.24) is 9.29 Å². The van der Waals surface area contributed by atoms with Crippen molar-refractivity contribution in [2.75, 3.05) is 0 Å². The molecule has 1 aromatic heterocycles. The van der Waals surface area contributed by atoms with Crippen molar-refractivity contribution >= 4 is 15.9 Å². The van der Waals surface area contributed by atoms with Crippen molar-refractivity contribution in [2.24, 2.45) is 5.73 Å². The molecule has 1 saturated carbocycles. The van der Waals surface area contributed by atoms with Gasteiger partial charge in [0.1, 0.15) is 0 Å². The molecule has 0 atom stereocenters. The fourth-order valence-corrected chi connectivity index (χ4v) is 4.22. The van der Waals surface area contributed by atoms with Gasteiger partial charge in [-0.05, 0) is 50.8 Å². The van der Waals surface area contributed by atoms with E-state index < -0.39 is 10.0 Å². The van der Waals surface area contributed by atoms with Crippen molar-refractivity contribution < 1.29 is 13.2 Å². The molecule has 1 aliphatic carbocycles. The number of aryl methyl sites for hydroxylation is 1. The predicted octanol–water partition coefficient (Wildman–Crippen LogP) is 2.03. The second-order valence-corrected chi connectivity index (χ2v) is 8.48. The number of amides is 1. The monoisotopic (exact) mass is 361 g/mol. The second-order valence-electron chi connectivity index (χ2n) is 6.63. The highest BCUT2D eigenvalue weighted by Gasteiger charge is 2.22. The first kappa shape index (κ1) is 17.7. The smallest absolute Gasteiger partial charge is 0.267 e. The van der Waals surface area contributed by atoms with Gasteiger partial charge in [-0.15, -0.1) is 0 Å². The van der Waals surface area contributed by atoms with Gasteiger partial charge in [-0.2, -0.15) is 0 Å². The normalized spacial score (nSPS) is 21.0. The fourth-order valence-electron chi connectivity index (χ4n) is 3.02. The highest BCUT2D eigenvalue weighted by Crippen LogP contribution is 2.19. The molecule has 0 spiro atoms. The maximum absolute atomic E-state index is 12.6. The summed E-state index contributed by atoms with van der Waals surface area (Å²) < 4.78 is 26.3. The van der Waals surface area contributed by atoms with Crippen LogP contribution in [0.3, 0.4) is 0 Å². The molecule has 2 aromatic rings. The lowest BCUT2D eigenvalue weighted by molar-refractivity contribution is 0.0926. The van der Waals surface area contributed by atoms with Crippen LogP contribution in [-0.4, -0.2) is 30.4 Å². The SMILES string of the molecule is Cc1ccc(S(=O)(=O)n2ccc(C(=O)NC3CCC(N)CC3)c2)cc1. The summed E-state index contributed by atoms with van der Waals surface area (Å²) in [5, 5.41) is 2.97. The van der Waals surface area contributed by atoms with E-state index >= 15 is 0 Å². The molecule has 1 aromatic carbocycles. The molecule has 134 valence electrons. The number of carbonyl (C=O) groups excluding carboxylic acids is 1. The summed E-state index contributed by atoms with van der Waals surface area (Å²) >= 11 is 0. The van der Waals surface area contributed by atoms with Crippen LogP contribution in [0.2, 0.25) is 0 Å². The molecule has 1 heterocycles. The highest BCUT2D eigenvalue weighted by atomic mass is 32.2. The minimum absolute atomic E-state index is 0.101. The standard InChI is InChI=1S/C18H23N3O3S/c1-13-2-8-17(9-3-13)25(23,24)21-11-10-14(12-21)18(22)20-16-6-4-15(19)5-7-16/h2-3,8-12,15-16H,4-7,19H2,1H3,(H,20,22). The molecule has 25 heavy (non-hydrogen) atoms. The lowest BCUT2D eigenvalue weighted by Gasteiger charge is -2.26. The van der Waals surface area contributed by atoms with Crippen molar-refractivity contribution in [3.63, 3.8) is 0 Å². The van der Waals surface area contributed by atoms with Gasteiger partial charge in [-0.3, -0.25) is 4.79 Å². The molecular weight excluding hydrogens is 338 g/mol. The van der Waals surface area contributed by atoms with Gasteiger partial charge in [0, 0.05) is 24.5 Å². The predicted molar refractivity (Wildman–Crippen MR) is 95.9 cm³/mol. The Balaban J connectivity index is 1.73. The Hall–Kier alpha value is -2.12. The quantitative estimate of drug-likeness (QED) is 0.871. The van der Waals surface area contributed by atoms with Gasteiger partial charge >= 0.3 is 0 Å². The fraction of sp³-hybridized carbons (Fsp3) is 0.389. The third-order valence-electron chi connectivity index (χ3n) is 4.63. The number of rotatable bonds is 4. The molecule has 0 radical (unpaired) electrons. The van der Waals surface area contributed by atoms with Crippen molar-refractivity contribution in [3.05, 3.63) is 53.9 Å². The van der Waals surface area contributed by atoms with E-state index in [-0.39, 0.29) is 22.9 Å². The van der Waals surface area contributed by atoms with Gasteiger partial charge in [-0.25, -0.2) is 12.4 Å². The molecule has 1 amide bonds. The van der Waals surface area contributed by atoms with Crippen LogP contribution in [0.1, 0.15) is 41.6 Å². The number of carbonyl (C=O) groups is 1. The van der Waals surface area contributed by atoms with E-state index in [1.807, 2.05) is 6.92 Å². The molecule has 0 unspecified atom stereocenters. The van der Waals surface area contributed by atoms with E-state index in [2.05, 4.69) is 5.32 Å². The maximum Gasteiger partial charge on any atom is 0.267 e. The summed E-state index contributed by atoms with van der Waals surface area (Å²) in [6, 6.07) is 8.47. The number of aromatic nitrogens is 1. The van der Waals surface area contributed by atoms with Crippen molar-refractivity contribution in [3.8, 4) is 0 Å². The summed E-state index contributed by atoms with van der Waals surface area (Å²) in [6.45, 7) is 1.90. The molecular formula is C18H23N3O3S. The van der Waals surface area contributed by atoms with Crippen LogP contribution in [0.5, 0.6) is 0 Å². The van der Waals surface area contributed by atoms with E-state index in [0.29, 0.717) is 5.56 Å². The van der Waals surface area contributed by atoms with Gasteiger partial charge in [0.05, 0.1) is 10.5 Å². The molecule has 6 nitrogen and oxygen atoms in total. The van der Waals surface area contributed by atoms with Crippen molar-refractivity contribution in [2.45, 2.75) is 49.6 Å². The Bertz CT molecular complexity index is 848. The van der Waals surface area contributed by atoms with E-state index in [4.69, 9.17) is 5.73 Å². The Morgan fingerprint density at radius 3 is 2.40 bits per heavy atom. The highest BCUT2D eigenvalue weighted by molar-refractivity contribution is 7.90. The Morgan fingerprint density at radius 1 is 1.12 bits per heavy atom. The topological polar surface area (TPSA) is 94.2 Å². The average molecular weight is 361 g/mol.